The summed E-state index contributed by atoms with van der Waals surface area (Å²) in [5, 5.41) is 33.0. The Balaban J connectivity index is 3.83. The van der Waals surface area contributed by atoms with Crippen LogP contribution in [-0.4, -0.2) is 46.1 Å². The molecule has 0 fully saturated rings. The Hall–Kier alpha value is -1.69. The van der Waals surface area contributed by atoms with Crippen molar-refractivity contribution in [1.82, 2.24) is 5.32 Å². The number of hydrogen-bond donors (Lipinski definition) is 4. The van der Waals surface area contributed by atoms with Crippen molar-refractivity contribution >= 4 is 5.91 Å². The number of unbranched alkanes of at least 4 members (excludes halogenated alkanes) is 18. The first kappa shape index (κ1) is 43.3. The first-order valence-electron chi connectivity index (χ1n) is 18.9. The molecule has 1 amide bonds. The quantitative estimate of drug-likeness (QED) is 0.0429. The summed E-state index contributed by atoms with van der Waals surface area (Å²) in [5.74, 6) is -0.341. The average Bonchev–Trinajstić information content (AvgIpc) is 3.03. The monoisotopic (exact) mass is 632 g/mol. The predicted octanol–water partition coefficient (Wildman–Crippen LogP) is 10.2. The highest BCUT2D eigenvalue weighted by Gasteiger charge is 2.20. The maximum atomic E-state index is 12.4. The number of aliphatic hydroxyl groups is 3. The Bertz CT molecular complexity index is 745. The second kappa shape index (κ2) is 35.2. The van der Waals surface area contributed by atoms with E-state index in [1.54, 1.807) is 6.08 Å². The molecule has 4 N–H and O–H groups in total. The summed E-state index contributed by atoms with van der Waals surface area (Å²) in [6.07, 6.45) is 43.8. The van der Waals surface area contributed by atoms with Gasteiger partial charge >= 0.3 is 0 Å². The highest BCUT2D eigenvalue weighted by Crippen LogP contribution is 2.12. The molecular weight excluding hydrogens is 558 g/mol. The van der Waals surface area contributed by atoms with E-state index in [0.717, 1.165) is 51.4 Å². The van der Waals surface area contributed by atoms with E-state index in [2.05, 4.69) is 55.6 Å². The normalized spacial score (nSPS) is 14.3. The topological polar surface area (TPSA) is 89.8 Å². The molecule has 3 atom stereocenters. The minimum Gasteiger partial charge on any atom is -0.394 e. The zero-order valence-corrected chi connectivity index (χ0v) is 29.5. The van der Waals surface area contributed by atoms with Gasteiger partial charge in [0, 0.05) is 0 Å². The van der Waals surface area contributed by atoms with E-state index >= 15 is 0 Å². The third-order valence-electron chi connectivity index (χ3n) is 8.32. The molecule has 0 saturated carbocycles. The molecule has 0 aliphatic heterocycles. The number of carbonyl (C=O) groups excluding carboxylic acids is 1. The van der Waals surface area contributed by atoms with Crippen LogP contribution in [0.5, 0.6) is 0 Å². The molecule has 45 heavy (non-hydrogen) atoms. The molecule has 262 valence electrons. The SMILES string of the molecule is CCCCCC/C=C/CC/C=C/CC/C=C/C(O)C(CO)NC(=O)CC(O)CCCCC/C=C\CCCCCCCCCCC. The van der Waals surface area contributed by atoms with Gasteiger partial charge in [-0.05, 0) is 70.6 Å². The molecule has 0 spiro atoms. The second-order valence-electron chi connectivity index (χ2n) is 12.8. The number of allylic oxidation sites excluding steroid dienone is 7. The summed E-state index contributed by atoms with van der Waals surface area (Å²) in [7, 11) is 0. The van der Waals surface area contributed by atoms with Crippen molar-refractivity contribution in [2.45, 2.75) is 193 Å². The summed E-state index contributed by atoms with van der Waals surface area (Å²) in [6, 6.07) is -0.771. The van der Waals surface area contributed by atoms with Gasteiger partial charge in [0.05, 0.1) is 31.3 Å². The Morgan fingerprint density at radius 3 is 1.44 bits per heavy atom. The number of nitrogens with one attached hydrogen (secondary N) is 1. The van der Waals surface area contributed by atoms with E-state index in [1.165, 1.54) is 96.3 Å². The maximum Gasteiger partial charge on any atom is 0.222 e. The number of rotatable bonds is 33. The molecule has 0 aromatic heterocycles. The minimum absolute atomic E-state index is 0.00951. The average molecular weight is 632 g/mol. The summed E-state index contributed by atoms with van der Waals surface area (Å²) >= 11 is 0. The van der Waals surface area contributed by atoms with Crippen LogP contribution in [0.1, 0.15) is 174 Å². The number of hydrogen-bond acceptors (Lipinski definition) is 4. The standard InChI is InChI=1S/C40H73NO4/c1-3-5-7-9-11-13-15-17-19-20-21-23-25-27-29-31-33-37(43)35-40(45)41-38(36-42)39(44)34-32-30-28-26-24-22-18-16-14-12-10-8-6-4-2/h14,16,21,23-24,26,32,34,37-39,42-44H,3-13,15,17-20,22,25,27-31,33,35-36H2,1-2H3,(H,41,45)/b16-14+,23-21-,26-24+,34-32+. The van der Waals surface area contributed by atoms with Gasteiger partial charge in [0.2, 0.25) is 5.91 Å². The first-order valence-corrected chi connectivity index (χ1v) is 18.9. The van der Waals surface area contributed by atoms with Crippen LogP contribution in [0.2, 0.25) is 0 Å². The highest BCUT2D eigenvalue weighted by atomic mass is 16.3. The fourth-order valence-electron chi connectivity index (χ4n) is 5.36. The lowest BCUT2D eigenvalue weighted by molar-refractivity contribution is -0.124. The largest absolute Gasteiger partial charge is 0.394 e. The molecule has 0 aromatic rings. The lowest BCUT2D eigenvalue weighted by Crippen LogP contribution is -2.45. The van der Waals surface area contributed by atoms with Crippen LogP contribution in [0.25, 0.3) is 0 Å². The lowest BCUT2D eigenvalue weighted by Gasteiger charge is -2.20. The molecule has 0 saturated heterocycles. The minimum atomic E-state index is -0.962. The fourth-order valence-corrected chi connectivity index (χ4v) is 5.36. The molecule has 0 radical (unpaired) electrons. The Kier molecular flexibility index (Phi) is 33.8. The van der Waals surface area contributed by atoms with Gasteiger partial charge in [-0.1, -0.05) is 146 Å². The Labute approximate surface area is 278 Å². The van der Waals surface area contributed by atoms with E-state index in [-0.39, 0.29) is 18.9 Å². The number of aliphatic hydroxyl groups excluding tert-OH is 3. The van der Waals surface area contributed by atoms with Crippen molar-refractivity contribution in [2.75, 3.05) is 6.61 Å². The van der Waals surface area contributed by atoms with E-state index in [1.807, 2.05) is 6.08 Å². The van der Waals surface area contributed by atoms with E-state index in [9.17, 15) is 20.1 Å². The molecule has 0 aromatic carbocycles. The molecule has 3 unspecified atom stereocenters. The van der Waals surface area contributed by atoms with Gasteiger partial charge in [-0.15, -0.1) is 0 Å². The molecule has 5 heteroatoms. The van der Waals surface area contributed by atoms with E-state index in [4.69, 9.17) is 0 Å². The molecule has 5 nitrogen and oxygen atoms in total. The van der Waals surface area contributed by atoms with Gasteiger partial charge < -0.3 is 20.6 Å². The van der Waals surface area contributed by atoms with Crippen molar-refractivity contribution in [3.8, 4) is 0 Å². The Morgan fingerprint density at radius 1 is 0.556 bits per heavy atom. The summed E-state index contributed by atoms with van der Waals surface area (Å²) in [5.41, 5.74) is 0. The van der Waals surface area contributed by atoms with Crippen molar-refractivity contribution < 1.29 is 20.1 Å². The van der Waals surface area contributed by atoms with Gasteiger partial charge in [0.15, 0.2) is 0 Å². The predicted molar refractivity (Wildman–Crippen MR) is 194 cm³/mol. The van der Waals surface area contributed by atoms with Crippen LogP contribution < -0.4 is 5.32 Å². The van der Waals surface area contributed by atoms with Crippen LogP contribution in [0, 0.1) is 0 Å². The van der Waals surface area contributed by atoms with Crippen LogP contribution in [0.15, 0.2) is 48.6 Å². The van der Waals surface area contributed by atoms with Crippen LogP contribution in [-0.2, 0) is 4.79 Å². The van der Waals surface area contributed by atoms with Gasteiger partial charge in [-0.2, -0.15) is 0 Å². The van der Waals surface area contributed by atoms with Crippen LogP contribution >= 0.6 is 0 Å². The van der Waals surface area contributed by atoms with Gasteiger partial charge in [0.25, 0.3) is 0 Å². The molecule has 0 bridgehead atoms. The molecular formula is C40H73NO4. The molecule has 0 aliphatic carbocycles. The summed E-state index contributed by atoms with van der Waals surface area (Å²) in [4.78, 5) is 12.4. The highest BCUT2D eigenvalue weighted by molar-refractivity contribution is 5.76. The number of amides is 1. The fraction of sp³-hybridized carbons (Fsp3) is 0.775. The van der Waals surface area contributed by atoms with Gasteiger partial charge in [0.1, 0.15) is 0 Å². The van der Waals surface area contributed by atoms with Crippen LogP contribution in [0.3, 0.4) is 0 Å². The molecule has 0 heterocycles. The third kappa shape index (κ3) is 32.1. The Morgan fingerprint density at radius 2 is 0.956 bits per heavy atom. The lowest BCUT2D eigenvalue weighted by atomic mass is 10.0. The molecule has 0 aliphatic rings. The second-order valence-corrected chi connectivity index (χ2v) is 12.8. The zero-order valence-electron chi connectivity index (χ0n) is 29.5. The van der Waals surface area contributed by atoms with Crippen molar-refractivity contribution in [3.63, 3.8) is 0 Å². The van der Waals surface area contributed by atoms with E-state index < -0.39 is 18.2 Å². The smallest absolute Gasteiger partial charge is 0.222 e. The van der Waals surface area contributed by atoms with E-state index in [0.29, 0.717) is 6.42 Å². The van der Waals surface area contributed by atoms with Crippen molar-refractivity contribution in [2.24, 2.45) is 0 Å². The summed E-state index contributed by atoms with van der Waals surface area (Å²) in [6.45, 7) is 4.15. The summed E-state index contributed by atoms with van der Waals surface area (Å²) < 4.78 is 0. The molecule has 0 rings (SSSR count). The zero-order chi connectivity index (χ0) is 33.1. The van der Waals surface area contributed by atoms with Crippen molar-refractivity contribution in [3.05, 3.63) is 48.6 Å². The maximum absolute atomic E-state index is 12.4. The van der Waals surface area contributed by atoms with Crippen LogP contribution in [0.4, 0.5) is 0 Å². The van der Waals surface area contributed by atoms with Crippen molar-refractivity contribution in [1.29, 1.82) is 0 Å². The number of carbonyl (C=O) groups is 1. The first-order chi connectivity index (χ1) is 22.0. The van der Waals surface area contributed by atoms with Gasteiger partial charge in [-0.3, -0.25) is 4.79 Å². The van der Waals surface area contributed by atoms with Gasteiger partial charge in [-0.25, -0.2) is 0 Å². The third-order valence-corrected chi connectivity index (χ3v) is 8.32.